The summed E-state index contributed by atoms with van der Waals surface area (Å²) in [6.07, 6.45) is -4.84. The largest absolute Gasteiger partial charge is 0.480 e. The van der Waals surface area contributed by atoms with Crippen LogP contribution < -0.4 is 5.32 Å². The number of nitrogens with one attached hydrogen (secondary N) is 1. The molecule has 0 saturated carbocycles. The van der Waals surface area contributed by atoms with Crippen LogP contribution in [0.3, 0.4) is 0 Å². The molecule has 1 atom stereocenters. The number of benzene rings is 1. The Morgan fingerprint density at radius 2 is 2.10 bits per heavy atom. The van der Waals surface area contributed by atoms with Crippen molar-refractivity contribution in [2.75, 3.05) is 20.3 Å². The van der Waals surface area contributed by atoms with Crippen LogP contribution in [-0.2, 0) is 15.7 Å². The Morgan fingerprint density at radius 1 is 1.45 bits per heavy atom. The number of ether oxygens (including phenoxy) is 1. The summed E-state index contributed by atoms with van der Waals surface area (Å²) < 4.78 is 56.1. The van der Waals surface area contributed by atoms with Gasteiger partial charge in [0.25, 0.3) is 0 Å². The Morgan fingerprint density at radius 3 is 2.60 bits per heavy atom. The lowest BCUT2D eigenvalue weighted by atomic mass is 9.99. The molecule has 8 heteroatoms. The summed E-state index contributed by atoms with van der Waals surface area (Å²) in [7, 11) is 1.37. The fourth-order valence-electron chi connectivity index (χ4n) is 1.66. The van der Waals surface area contributed by atoms with Crippen molar-refractivity contribution in [1.82, 2.24) is 5.32 Å². The fraction of sp³-hybridized carbons (Fsp3) is 0.417. The van der Waals surface area contributed by atoms with Crippen LogP contribution in [0.5, 0.6) is 0 Å². The fourth-order valence-corrected chi connectivity index (χ4v) is 1.66. The number of aliphatic carboxylic acids is 1. The van der Waals surface area contributed by atoms with E-state index < -0.39 is 35.1 Å². The third-order valence-electron chi connectivity index (χ3n) is 2.53. The standard InChI is InChI=1S/C12H13F4NO3/c1-20-5-4-17-10(11(18)19)8-3-2-7(13)6-9(8)12(14,15)16/h2-3,6,10,17H,4-5H2,1H3,(H,18,19). The van der Waals surface area contributed by atoms with Gasteiger partial charge < -0.3 is 9.84 Å². The van der Waals surface area contributed by atoms with Gasteiger partial charge in [-0.3, -0.25) is 10.1 Å². The Hall–Kier alpha value is -1.67. The van der Waals surface area contributed by atoms with Gasteiger partial charge in [0.15, 0.2) is 0 Å². The topological polar surface area (TPSA) is 58.6 Å². The number of hydrogen-bond acceptors (Lipinski definition) is 3. The van der Waals surface area contributed by atoms with Gasteiger partial charge in [0.2, 0.25) is 0 Å². The molecule has 20 heavy (non-hydrogen) atoms. The molecule has 0 aliphatic carbocycles. The highest BCUT2D eigenvalue weighted by Crippen LogP contribution is 2.35. The van der Waals surface area contributed by atoms with Crippen LogP contribution in [0.4, 0.5) is 17.6 Å². The molecule has 112 valence electrons. The summed E-state index contributed by atoms with van der Waals surface area (Å²) in [5.41, 5.74) is -1.85. The highest BCUT2D eigenvalue weighted by atomic mass is 19.4. The molecule has 0 fully saturated rings. The number of rotatable bonds is 6. The molecule has 0 radical (unpaired) electrons. The number of carboxylic acid groups (broad SMARTS) is 1. The molecule has 0 aliphatic heterocycles. The summed E-state index contributed by atoms with van der Waals surface area (Å²) in [5.74, 6) is -2.57. The third-order valence-corrected chi connectivity index (χ3v) is 2.53. The van der Waals surface area contributed by atoms with Crippen molar-refractivity contribution in [2.24, 2.45) is 0 Å². The average Bonchev–Trinajstić information content (AvgIpc) is 2.34. The second-order valence-electron chi connectivity index (χ2n) is 3.95. The van der Waals surface area contributed by atoms with Gasteiger partial charge >= 0.3 is 12.1 Å². The van der Waals surface area contributed by atoms with E-state index in [1.807, 2.05) is 0 Å². The Kier molecular flexibility index (Phi) is 5.46. The molecule has 0 amide bonds. The molecule has 1 unspecified atom stereocenters. The molecule has 0 heterocycles. The molecule has 0 aliphatic rings. The Balaban J connectivity index is 3.16. The summed E-state index contributed by atoms with van der Waals surface area (Å²) in [4.78, 5) is 11.1. The zero-order valence-electron chi connectivity index (χ0n) is 10.5. The quantitative estimate of drug-likeness (QED) is 0.624. The molecular weight excluding hydrogens is 282 g/mol. The number of alkyl halides is 3. The Labute approximate surface area is 112 Å². The minimum atomic E-state index is -4.84. The second kappa shape index (κ2) is 6.67. The first-order valence-corrected chi connectivity index (χ1v) is 5.59. The van der Waals surface area contributed by atoms with E-state index in [2.05, 4.69) is 10.1 Å². The van der Waals surface area contributed by atoms with Gasteiger partial charge in [-0.1, -0.05) is 6.07 Å². The van der Waals surface area contributed by atoms with E-state index in [1.165, 1.54) is 7.11 Å². The number of hydrogen-bond donors (Lipinski definition) is 2. The van der Waals surface area contributed by atoms with Crippen molar-refractivity contribution in [3.63, 3.8) is 0 Å². The van der Waals surface area contributed by atoms with Crippen molar-refractivity contribution in [1.29, 1.82) is 0 Å². The van der Waals surface area contributed by atoms with E-state index in [9.17, 15) is 22.4 Å². The smallest absolute Gasteiger partial charge is 0.416 e. The minimum Gasteiger partial charge on any atom is -0.480 e. The number of carboxylic acids is 1. The van der Waals surface area contributed by atoms with Gasteiger partial charge in [-0.05, 0) is 17.7 Å². The van der Waals surface area contributed by atoms with Crippen LogP contribution in [0.15, 0.2) is 18.2 Å². The molecule has 1 aromatic carbocycles. The first-order chi connectivity index (χ1) is 9.27. The van der Waals surface area contributed by atoms with Crippen LogP contribution >= 0.6 is 0 Å². The van der Waals surface area contributed by atoms with E-state index in [0.717, 1.165) is 12.1 Å². The SMILES string of the molecule is COCCNC(C(=O)O)c1ccc(F)cc1C(F)(F)F. The summed E-state index contributed by atoms with van der Waals surface area (Å²) in [6, 6.07) is 0.292. The lowest BCUT2D eigenvalue weighted by Crippen LogP contribution is -2.32. The molecule has 1 rings (SSSR count). The lowest BCUT2D eigenvalue weighted by Gasteiger charge is -2.19. The van der Waals surface area contributed by atoms with E-state index in [4.69, 9.17) is 5.11 Å². The van der Waals surface area contributed by atoms with Crippen molar-refractivity contribution in [3.05, 3.63) is 35.1 Å². The molecule has 1 aromatic rings. The van der Waals surface area contributed by atoms with Gasteiger partial charge in [0.05, 0.1) is 12.2 Å². The average molecular weight is 295 g/mol. The number of halogens is 4. The Bertz CT molecular complexity index is 476. The maximum Gasteiger partial charge on any atom is 0.416 e. The van der Waals surface area contributed by atoms with Gasteiger partial charge in [-0.2, -0.15) is 13.2 Å². The molecule has 0 bridgehead atoms. The maximum atomic E-state index is 13.0. The van der Waals surface area contributed by atoms with Crippen LogP contribution in [0.2, 0.25) is 0 Å². The maximum absolute atomic E-state index is 13.0. The van der Waals surface area contributed by atoms with Crippen molar-refractivity contribution in [3.8, 4) is 0 Å². The predicted molar refractivity (Wildman–Crippen MR) is 61.7 cm³/mol. The highest BCUT2D eigenvalue weighted by Gasteiger charge is 2.37. The first kappa shape index (κ1) is 16.4. The highest BCUT2D eigenvalue weighted by molar-refractivity contribution is 5.76. The molecule has 0 spiro atoms. The predicted octanol–water partition coefficient (Wildman–Crippen LogP) is 2.21. The molecule has 0 aromatic heterocycles. The van der Waals surface area contributed by atoms with Gasteiger partial charge in [0, 0.05) is 13.7 Å². The lowest BCUT2D eigenvalue weighted by molar-refractivity contribution is -0.142. The van der Waals surface area contributed by atoms with Crippen LogP contribution in [0.1, 0.15) is 17.2 Å². The van der Waals surface area contributed by atoms with E-state index >= 15 is 0 Å². The molecule has 4 nitrogen and oxygen atoms in total. The zero-order valence-corrected chi connectivity index (χ0v) is 10.5. The van der Waals surface area contributed by atoms with Gasteiger partial charge in [-0.15, -0.1) is 0 Å². The number of methoxy groups -OCH3 is 1. The van der Waals surface area contributed by atoms with Crippen molar-refractivity contribution < 1.29 is 32.2 Å². The molecule has 2 N–H and O–H groups in total. The molecule has 0 saturated heterocycles. The van der Waals surface area contributed by atoms with E-state index in [1.54, 1.807) is 0 Å². The summed E-state index contributed by atoms with van der Waals surface area (Å²) >= 11 is 0. The summed E-state index contributed by atoms with van der Waals surface area (Å²) in [5, 5.41) is 11.4. The second-order valence-corrected chi connectivity index (χ2v) is 3.95. The van der Waals surface area contributed by atoms with Crippen LogP contribution in [-0.4, -0.2) is 31.3 Å². The summed E-state index contributed by atoms with van der Waals surface area (Å²) in [6.45, 7) is 0.175. The minimum absolute atomic E-state index is 0.0438. The first-order valence-electron chi connectivity index (χ1n) is 5.59. The van der Waals surface area contributed by atoms with Gasteiger partial charge in [-0.25, -0.2) is 4.39 Å². The van der Waals surface area contributed by atoms with Gasteiger partial charge in [0.1, 0.15) is 11.9 Å². The normalized spacial score (nSPS) is 13.2. The zero-order chi connectivity index (χ0) is 15.3. The van der Waals surface area contributed by atoms with Crippen molar-refractivity contribution >= 4 is 5.97 Å². The molecular formula is C12H13F4NO3. The van der Waals surface area contributed by atoms with Crippen LogP contribution in [0, 0.1) is 5.82 Å². The third kappa shape index (κ3) is 4.17. The van der Waals surface area contributed by atoms with E-state index in [0.29, 0.717) is 0 Å². The van der Waals surface area contributed by atoms with Crippen molar-refractivity contribution in [2.45, 2.75) is 12.2 Å². The van der Waals surface area contributed by atoms with Crippen LogP contribution in [0.25, 0.3) is 0 Å². The van der Waals surface area contributed by atoms with E-state index in [-0.39, 0.29) is 19.2 Å². The number of carbonyl (C=O) groups is 1. The monoisotopic (exact) mass is 295 g/mol.